The fourth-order valence-electron chi connectivity index (χ4n) is 2.17. The van der Waals surface area contributed by atoms with Crippen LogP contribution in [0.4, 0.5) is 0 Å². The summed E-state index contributed by atoms with van der Waals surface area (Å²) in [6.45, 7) is 2.95. The summed E-state index contributed by atoms with van der Waals surface area (Å²) in [5.41, 5.74) is 1.32. The quantitative estimate of drug-likeness (QED) is 0.808. The van der Waals surface area contributed by atoms with Crippen LogP contribution in [0.1, 0.15) is 28.9 Å². The van der Waals surface area contributed by atoms with Gasteiger partial charge in [0.25, 0.3) is 5.91 Å². The number of aromatic amines is 1. The summed E-state index contributed by atoms with van der Waals surface area (Å²) in [5.74, 6) is -0.795. The number of nitrogens with zero attached hydrogens (tertiary/aromatic N) is 2. The molecule has 0 aliphatic carbocycles. The van der Waals surface area contributed by atoms with Crippen molar-refractivity contribution in [2.24, 2.45) is 5.92 Å². The molecule has 1 aromatic rings. The van der Waals surface area contributed by atoms with Crippen molar-refractivity contribution in [2.45, 2.75) is 19.8 Å². The Kier molecular flexibility index (Phi) is 3.12. The number of aromatic nitrogens is 2. The summed E-state index contributed by atoms with van der Waals surface area (Å²) in [6, 6.07) is 0. The van der Waals surface area contributed by atoms with Crippen LogP contribution in [0.3, 0.4) is 0 Å². The van der Waals surface area contributed by atoms with Crippen LogP contribution in [0.15, 0.2) is 6.20 Å². The van der Waals surface area contributed by atoms with E-state index in [4.69, 9.17) is 5.11 Å². The number of likely N-dealkylation sites (tertiary alicyclic amines) is 1. The lowest BCUT2D eigenvalue weighted by Crippen LogP contribution is -2.29. The van der Waals surface area contributed by atoms with E-state index in [9.17, 15) is 9.59 Å². The van der Waals surface area contributed by atoms with E-state index in [0.29, 0.717) is 18.7 Å². The number of H-pyrrole nitrogens is 1. The summed E-state index contributed by atoms with van der Waals surface area (Å²) < 4.78 is 0. The maximum absolute atomic E-state index is 12.1. The van der Waals surface area contributed by atoms with Crippen molar-refractivity contribution >= 4 is 11.9 Å². The van der Waals surface area contributed by atoms with E-state index in [-0.39, 0.29) is 18.2 Å². The number of carbonyl (C=O) groups is 2. The minimum absolute atomic E-state index is 0.0656. The van der Waals surface area contributed by atoms with Gasteiger partial charge in [0.2, 0.25) is 0 Å². The van der Waals surface area contributed by atoms with Crippen LogP contribution in [0, 0.1) is 12.8 Å². The molecule has 1 fully saturated rings. The molecule has 0 bridgehead atoms. The first kappa shape index (κ1) is 11.6. The monoisotopic (exact) mass is 237 g/mol. The van der Waals surface area contributed by atoms with Crippen molar-refractivity contribution in [1.29, 1.82) is 0 Å². The van der Waals surface area contributed by atoms with Crippen LogP contribution >= 0.6 is 0 Å². The average Bonchev–Trinajstić information content (AvgIpc) is 2.85. The van der Waals surface area contributed by atoms with Gasteiger partial charge in [-0.3, -0.25) is 14.7 Å². The molecule has 0 saturated carbocycles. The molecule has 1 aromatic heterocycles. The molecular weight excluding hydrogens is 222 g/mol. The number of amides is 1. The van der Waals surface area contributed by atoms with Crippen LogP contribution in [0.5, 0.6) is 0 Å². The number of nitrogens with one attached hydrogen (secondary N) is 1. The molecule has 6 heteroatoms. The molecule has 1 atom stereocenters. The van der Waals surface area contributed by atoms with Crippen molar-refractivity contribution in [1.82, 2.24) is 15.1 Å². The number of carboxylic acids is 1. The maximum atomic E-state index is 12.1. The van der Waals surface area contributed by atoms with Crippen molar-refractivity contribution in [3.8, 4) is 0 Å². The highest BCUT2D eigenvalue weighted by atomic mass is 16.4. The highest BCUT2D eigenvalue weighted by molar-refractivity contribution is 5.95. The molecule has 1 aliphatic heterocycles. The summed E-state index contributed by atoms with van der Waals surface area (Å²) in [4.78, 5) is 24.4. The predicted molar refractivity (Wildman–Crippen MR) is 59.6 cm³/mol. The summed E-state index contributed by atoms with van der Waals surface area (Å²) >= 11 is 0. The smallest absolute Gasteiger partial charge is 0.303 e. The molecule has 0 aromatic carbocycles. The van der Waals surface area contributed by atoms with Gasteiger partial charge in [-0.05, 0) is 19.3 Å². The van der Waals surface area contributed by atoms with Crippen molar-refractivity contribution in [3.63, 3.8) is 0 Å². The van der Waals surface area contributed by atoms with E-state index in [0.717, 1.165) is 12.1 Å². The second-order valence-corrected chi connectivity index (χ2v) is 4.41. The van der Waals surface area contributed by atoms with Gasteiger partial charge in [-0.1, -0.05) is 0 Å². The Bertz CT molecular complexity index is 441. The number of carbonyl (C=O) groups excluding carboxylic acids is 1. The minimum Gasteiger partial charge on any atom is -0.481 e. The van der Waals surface area contributed by atoms with Gasteiger partial charge in [-0.25, -0.2) is 0 Å². The van der Waals surface area contributed by atoms with Gasteiger partial charge in [-0.2, -0.15) is 5.10 Å². The molecule has 2 rings (SSSR count). The molecule has 1 unspecified atom stereocenters. The first-order valence-electron chi connectivity index (χ1n) is 5.59. The van der Waals surface area contributed by atoms with Crippen molar-refractivity contribution in [3.05, 3.63) is 17.5 Å². The molecule has 2 N–H and O–H groups in total. The normalized spacial score (nSPS) is 19.6. The number of aliphatic carboxylic acids is 1. The van der Waals surface area contributed by atoms with Crippen LogP contribution < -0.4 is 0 Å². The van der Waals surface area contributed by atoms with Gasteiger partial charge in [0, 0.05) is 25.2 Å². The topological polar surface area (TPSA) is 86.3 Å². The third-order valence-electron chi connectivity index (χ3n) is 3.10. The molecule has 92 valence electrons. The van der Waals surface area contributed by atoms with Gasteiger partial charge in [0.05, 0.1) is 11.8 Å². The molecule has 17 heavy (non-hydrogen) atoms. The molecule has 1 aliphatic rings. The lowest BCUT2D eigenvalue weighted by atomic mass is 10.1. The molecule has 0 radical (unpaired) electrons. The Morgan fingerprint density at radius 2 is 2.41 bits per heavy atom. The highest BCUT2D eigenvalue weighted by Gasteiger charge is 2.29. The number of carboxylic acid groups (broad SMARTS) is 1. The Hall–Kier alpha value is -1.85. The standard InChI is InChI=1S/C11H15N3O3/c1-7-9(5-12-13-7)11(17)14-3-2-8(6-14)4-10(15)16/h5,8H,2-4,6H2,1H3,(H,12,13)(H,15,16). The van der Waals surface area contributed by atoms with Gasteiger partial charge < -0.3 is 10.0 Å². The van der Waals surface area contributed by atoms with Gasteiger partial charge >= 0.3 is 5.97 Å². The lowest BCUT2D eigenvalue weighted by Gasteiger charge is -2.15. The van der Waals surface area contributed by atoms with E-state index in [1.54, 1.807) is 11.8 Å². The van der Waals surface area contributed by atoms with Crippen molar-refractivity contribution < 1.29 is 14.7 Å². The zero-order valence-electron chi connectivity index (χ0n) is 9.64. The zero-order chi connectivity index (χ0) is 12.4. The lowest BCUT2D eigenvalue weighted by molar-refractivity contribution is -0.138. The van der Waals surface area contributed by atoms with Gasteiger partial charge in [0.15, 0.2) is 0 Å². The number of hydrogen-bond donors (Lipinski definition) is 2. The van der Waals surface area contributed by atoms with Crippen molar-refractivity contribution in [2.75, 3.05) is 13.1 Å². The van der Waals surface area contributed by atoms with E-state index in [1.165, 1.54) is 6.20 Å². The van der Waals surface area contributed by atoms with Crippen LogP contribution in [0.2, 0.25) is 0 Å². The molecule has 2 heterocycles. The van der Waals surface area contributed by atoms with Crippen LogP contribution in [-0.4, -0.2) is 45.2 Å². The highest BCUT2D eigenvalue weighted by Crippen LogP contribution is 2.21. The Morgan fingerprint density at radius 3 is 3.00 bits per heavy atom. The maximum Gasteiger partial charge on any atom is 0.303 e. The first-order chi connectivity index (χ1) is 8.08. The molecular formula is C11H15N3O3. The second-order valence-electron chi connectivity index (χ2n) is 4.41. The minimum atomic E-state index is -0.802. The SMILES string of the molecule is Cc1[nH]ncc1C(=O)N1CCC(CC(=O)O)C1. The first-order valence-corrected chi connectivity index (χ1v) is 5.59. The zero-order valence-corrected chi connectivity index (χ0v) is 9.64. The number of hydrogen-bond acceptors (Lipinski definition) is 3. The molecule has 0 spiro atoms. The van der Waals surface area contributed by atoms with Gasteiger partial charge in [0.1, 0.15) is 0 Å². The number of rotatable bonds is 3. The van der Waals surface area contributed by atoms with E-state index in [2.05, 4.69) is 10.2 Å². The Labute approximate surface area is 98.6 Å². The molecule has 1 saturated heterocycles. The fourth-order valence-corrected chi connectivity index (χ4v) is 2.17. The van der Waals surface area contributed by atoms with E-state index >= 15 is 0 Å². The number of aryl methyl sites for hydroxylation is 1. The summed E-state index contributed by atoms with van der Waals surface area (Å²) in [6.07, 6.45) is 2.41. The second kappa shape index (κ2) is 4.57. The van der Waals surface area contributed by atoms with E-state index < -0.39 is 5.97 Å². The molecule has 6 nitrogen and oxygen atoms in total. The summed E-state index contributed by atoms with van der Waals surface area (Å²) in [7, 11) is 0. The fraction of sp³-hybridized carbons (Fsp3) is 0.545. The Balaban J connectivity index is 1.99. The molecule has 1 amide bonds. The third-order valence-corrected chi connectivity index (χ3v) is 3.10. The predicted octanol–water partition coefficient (Wildman–Crippen LogP) is 0.655. The third kappa shape index (κ3) is 2.46. The summed E-state index contributed by atoms with van der Waals surface area (Å²) in [5, 5.41) is 15.2. The van der Waals surface area contributed by atoms with Gasteiger partial charge in [-0.15, -0.1) is 0 Å². The Morgan fingerprint density at radius 1 is 1.65 bits per heavy atom. The average molecular weight is 237 g/mol. The van der Waals surface area contributed by atoms with Crippen LogP contribution in [0.25, 0.3) is 0 Å². The largest absolute Gasteiger partial charge is 0.481 e. The van der Waals surface area contributed by atoms with Crippen LogP contribution in [-0.2, 0) is 4.79 Å². The van der Waals surface area contributed by atoms with E-state index in [1.807, 2.05) is 0 Å².